The molecule has 3 rings (SSSR count). The van der Waals surface area contributed by atoms with E-state index in [1.54, 1.807) is 18.5 Å². The van der Waals surface area contributed by atoms with Gasteiger partial charge in [0.15, 0.2) is 0 Å². The first-order valence-electron chi connectivity index (χ1n) is 7.76. The van der Waals surface area contributed by atoms with Crippen LogP contribution in [-0.4, -0.2) is 38.8 Å². The fourth-order valence-corrected chi connectivity index (χ4v) is 3.55. The molecule has 7 nitrogen and oxygen atoms in total. The molecular weight excluding hydrogens is 346 g/mol. The third kappa shape index (κ3) is 4.06. The van der Waals surface area contributed by atoms with Gasteiger partial charge in [-0.2, -0.15) is 0 Å². The number of nitrogens with two attached hydrogens (primary N) is 2. The van der Waals surface area contributed by atoms with Crippen molar-refractivity contribution in [3.63, 3.8) is 0 Å². The van der Waals surface area contributed by atoms with Crippen molar-refractivity contribution in [3.8, 4) is 0 Å². The van der Waals surface area contributed by atoms with Gasteiger partial charge in [0.2, 0.25) is 5.95 Å². The third-order valence-corrected chi connectivity index (χ3v) is 5.50. The Kier molecular flexibility index (Phi) is 5.07. The summed E-state index contributed by atoms with van der Waals surface area (Å²) in [5, 5.41) is 9.57. The monoisotopic (exact) mass is 365 g/mol. The van der Waals surface area contributed by atoms with Crippen LogP contribution in [0.25, 0.3) is 0 Å². The van der Waals surface area contributed by atoms with Gasteiger partial charge in [0.25, 0.3) is 0 Å². The highest BCUT2D eigenvalue weighted by molar-refractivity contribution is 7.99. The molecule has 0 amide bonds. The Bertz CT molecular complexity index is 707. The van der Waals surface area contributed by atoms with E-state index in [2.05, 4.69) is 32.0 Å². The number of aromatic nitrogens is 4. The quantitative estimate of drug-likeness (QED) is 0.853. The van der Waals surface area contributed by atoms with Gasteiger partial charge in [-0.3, -0.25) is 0 Å². The molecule has 1 aliphatic heterocycles. The van der Waals surface area contributed by atoms with Gasteiger partial charge < -0.3 is 16.4 Å². The number of hydrogen-bond donors (Lipinski definition) is 2. The largest absolute Gasteiger partial charge is 0.382 e. The van der Waals surface area contributed by atoms with Gasteiger partial charge in [0.05, 0.1) is 11.2 Å². The SMILES string of the molecule is CC1(N)CCCN(c2ncc(Sc3ccnc(N)c3Cl)nn2)CC1. The molecule has 128 valence electrons. The van der Waals surface area contributed by atoms with Crippen molar-refractivity contribution in [2.24, 2.45) is 5.73 Å². The van der Waals surface area contributed by atoms with Crippen LogP contribution >= 0.6 is 23.4 Å². The van der Waals surface area contributed by atoms with Gasteiger partial charge in [-0.25, -0.2) is 9.97 Å². The Morgan fingerprint density at radius 1 is 1.25 bits per heavy atom. The zero-order chi connectivity index (χ0) is 17.2. The number of hydrogen-bond acceptors (Lipinski definition) is 8. The minimum absolute atomic E-state index is 0.115. The lowest BCUT2D eigenvalue weighted by Crippen LogP contribution is -2.37. The van der Waals surface area contributed by atoms with Crippen LogP contribution in [0, 0.1) is 0 Å². The van der Waals surface area contributed by atoms with Crippen LogP contribution in [0.3, 0.4) is 0 Å². The summed E-state index contributed by atoms with van der Waals surface area (Å²) in [6.07, 6.45) is 6.26. The maximum atomic E-state index is 6.24. The van der Waals surface area contributed by atoms with E-state index < -0.39 is 0 Å². The van der Waals surface area contributed by atoms with Crippen LogP contribution in [0.15, 0.2) is 28.4 Å². The van der Waals surface area contributed by atoms with Crippen LogP contribution < -0.4 is 16.4 Å². The predicted molar refractivity (Wildman–Crippen MR) is 96.3 cm³/mol. The van der Waals surface area contributed by atoms with E-state index in [0.717, 1.165) is 37.2 Å². The molecule has 24 heavy (non-hydrogen) atoms. The maximum Gasteiger partial charge on any atom is 0.245 e. The second-order valence-corrected chi connectivity index (χ2v) is 7.64. The minimum Gasteiger partial charge on any atom is -0.382 e. The molecule has 4 N–H and O–H groups in total. The fraction of sp³-hybridized carbons (Fsp3) is 0.467. The van der Waals surface area contributed by atoms with E-state index >= 15 is 0 Å². The van der Waals surface area contributed by atoms with Crippen LogP contribution in [0.1, 0.15) is 26.2 Å². The first kappa shape index (κ1) is 17.2. The van der Waals surface area contributed by atoms with Crippen LogP contribution in [-0.2, 0) is 0 Å². The highest BCUT2D eigenvalue weighted by Gasteiger charge is 2.24. The van der Waals surface area contributed by atoms with Crippen molar-refractivity contribution in [2.45, 2.75) is 41.6 Å². The van der Waals surface area contributed by atoms with Crippen molar-refractivity contribution in [3.05, 3.63) is 23.5 Å². The fourth-order valence-electron chi connectivity index (χ4n) is 2.58. The first-order chi connectivity index (χ1) is 11.4. The molecular formula is C15H20ClN7S. The molecule has 0 aliphatic carbocycles. The summed E-state index contributed by atoms with van der Waals surface area (Å²) in [4.78, 5) is 11.3. The zero-order valence-electron chi connectivity index (χ0n) is 13.4. The van der Waals surface area contributed by atoms with E-state index in [4.69, 9.17) is 23.1 Å². The standard InChI is InChI=1S/C15H20ClN7S/c1-15(18)4-2-7-23(8-5-15)14-20-9-11(21-22-14)24-10-3-6-19-13(17)12(10)16/h3,6,9H,2,4-5,7-8,18H2,1H3,(H2,17,19). The van der Waals surface area contributed by atoms with Crippen molar-refractivity contribution >= 4 is 35.1 Å². The summed E-state index contributed by atoms with van der Waals surface area (Å²) in [5.74, 6) is 0.936. The third-order valence-electron chi connectivity index (χ3n) is 4.04. The summed E-state index contributed by atoms with van der Waals surface area (Å²) >= 11 is 7.51. The smallest absolute Gasteiger partial charge is 0.245 e. The molecule has 0 spiro atoms. The number of anilines is 2. The summed E-state index contributed by atoms with van der Waals surface area (Å²) in [7, 11) is 0. The summed E-state index contributed by atoms with van der Waals surface area (Å²) in [5.41, 5.74) is 11.8. The van der Waals surface area contributed by atoms with Gasteiger partial charge in [-0.05, 0) is 32.3 Å². The van der Waals surface area contributed by atoms with E-state index in [9.17, 15) is 0 Å². The van der Waals surface area contributed by atoms with Gasteiger partial charge >= 0.3 is 0 Å². The first-order valence-corrected chi connectivity index (χ1v) is 8.95. The lowest BCUT2D eigenvalue weighted by molar-refractivity contribution is 0.421. The topological polar surface area (TPSA) is 107 Å². The lowest BCUT2D eigenvalue weighted by atomic mass is 9.95. The molecule has 1 saturated heterocycles. The Hall–Kier alpha value is -1.64. The Labute approximate surface area is 150 Å². The summed E-state index contributed by atoms with van der Waals surface area (Å²) in [6.45, 7) is 3.83. The Morgan fingerprint density at radius 3 is 2.83 bits per heavy atom. The zero-order valence-corrected chi connectivity index (χ0v) is 15.0. The van der Waals surface area contributed by atoms with Gasteiger partial charge in [0, 0.05) is 29.7 Å². The molecule has 1 atom stereocenters. The highest BCUT2D eigenvalue weighted by atomic mass is 35.5. The molecule has 1 aliphatic rings. The molecule has 0 bridgehead atoms. The molecule has 3 heterocycles. The molecule has 2 aromatic heterocycles. The number of nitrogens with zero attached hydrogens (tertiary/aromatic N) is 5. The van der Waals surface area contributed by atoms with Gasteiger partial charge in [0.1, 0.15) is 10.8 Å². The van der Waals surface area contributed by atoms with Crippen LogP contribution in [0.2, 0.25) is 5.02 Å². The van der Waals surface area contributed by atoms with Crippen molar-refractivity contribution < 1.29 is 0 Å². The van der Waals surface area contributed by atoms with Gasteiger partial charge in [-0.1, -0.05) is 23.4 Å². The lowest BCUT2D eigenvalue weighted by Gasteiger charge is -2.23. The van der Waals surface area contributed by atoms with Crippen LogP contribution in [0.5, 0.6) is 0 Å². The Balaban J connectivity index is 1.70. The van der Waals surface area contributed by atoms with E-state index in [1.807, 2.05) is 0 Å². The number of nitrogen functional groups attached to an aromatic ring is 1. The second kappa shape index (κ2) is 7.08. The summed E-state index contributed by atoms with van der Waals surface area (Å²) in [6, 6.07) is 1.79. The molecule has 9 heteroatoms. The highest BCUT2D eigenvalue weighted by Crippen LogP contribution is 2.34. The molecule has 1 unspecified atom stereocenters. The van der Waals surface area contributed by atoms with Crippen molar-refractivity contribution in [1.82, 2.24) is 20.2 Å². The normalized spacial score (nSPS) is 21.5. The van der Waals surface area contributed by atoms with E-state index in [-0.39, 0.29) is 5.54 Å². The van der Waals surface area contributed by atoms with Crippen molar-refractivity contribution in [2.75, 3.05) is 23.7 Å². The molecule has 2 aromatic rings. The summed E-state index contributed by atoms with van der Waals surface area (Å²) < 4.78 is 0. The van der Waals surface area contributed by atoms with Crippen LogP contribution in [0.4, 0.5) is 11.8 Å². The van der Waals surface area contributed by atoms with E-state index in [1.165, 1.54) is 11.8 Å². The van der Waals surface area contributed by atoms with E-state index in [0.29, 0.717) is 21.8 Å². The molecule has 0 radical (unpaired) electrons. The number of rotatable bonds is 3. The molecule has 0 saturated carbocycles. The van der Waals surface area contributed by atoms with Crippen molar-refractivity contribution in [1.29, 1.82) is 0 Å². The molecule has 0 aromatic carbocycles. The average Bonchev–Trinajstić information content (AvgIpc) is 2.73. The second-order valence-electron chi connectivity index (χ2n) is 6.20. The number of halogens is 1. The predicted octanol–water partition coefficient (Wildman–Crippen LogP) is 2.36. The Morgan fingerprint density at radius 2 is 2.08 bits per heavy atom. The molecule has 1 fully saturated rings. The number of pyridine rings is 1. The average molecular weight is 366 g/mol. The maximum absolute atomic E-state index is 6.24. The van der Waals surface area contributed by atoms with Gasteiger partial charge in [-0.15, -0.1) is 10.2 Å². The minimum atomic E-state index is -0.115.